The van der Waals surface area contributed by atoms with E-state index in [1.807, 2.05) is 56.3 Å². The monoisotopic (exact) mass is 463 g/mol. The number of rotatable bonds is 8. The van der Waals surface area contributed by atoms with E-state index >= 15 is 0 Å². The number of anilines is 2. The molecule has 0 unspecified atom stereocenters. The smallest absolute Gasteiger partial charge is 0.234 e. The number of nitrogen functional groups attached to an aromatic ring is 1. The third kappa shape index (κ3) is 4.73. The highest BCUT2D eigenvalue weighted by atomic mass is 32.2. The molecule has 4 aromatic rings. The number of hydrogen-bond acceptors (Lipinski definition) is 7. The lowest BCUT2D eigenvalue weighted by molar-refractivity contribution is -0.113. The van der Waals surface area contributed by atoms with E-state index in [-0.39, 0.29) is 11.7 Å². The number of hydrogen-bond donors (Lipinski definition) is 3. The topological polar surface area (TPSA) is 115 Å². The maximum atomic E-state index is 12.7. The molecule has 4 rings (SSSR count). The number of aromatic nitrogens is 3. The van der Waals surface area contributed by atoms with Gasteiger partial charge in [0.15, 0.2) is 5.65 Å². The second-order valence-electron chi connectivity index (χ2n) is 7.25. The van der Waals surface area contributed by atoms with Gasteiger partial charge in [-0.05, 0) is 32.0 Å². The van der Waals surface area contributed by atoms with Crippen molar-refractivity contribution in [3.05, 3.63) is 54.2 Å². The van der Waals surface area contributed by atoms with Gasteiger partial charge in [-0.2, -0.15) is 5.10 Å². The Morgan fingerprint density at radius 3 is 2.82 bits per heavy atom. The predicted molar refractivity (Wildman–Crippen MR) is 132 cm³/mol. The number of nitrogens with two attached hydrogens (primary N) is 1. The molecule has 2 aromatic carbocycles. The van der Waals surface area contributed by atoms with E-state index in [1.54, 1.807) is 13.2 Å². The van der Waals surface area contributed by atoms with Crippen molar-refractivity contribution >= 4 is 40.1 Å². The van der Waals surface area contributed by atoms with Gasteiger partial charge in [0.25, 0.3) is 0 Å². The van der Waals surface area contributed by atoms with Crippen LogP contribution in [0.5, 0.6) is 11.5 Å². The minimum atomic E-state index is -0.170. The van der Waals surface area contributed by atoms with E-state index in [2.05, 4.69) is 15.5 Å². The summed E-state index contributed by atoms with van der Waals surface area (Å²) in [6.07, 6.45) is 0. The first-order chi connectivity index (χ1) is 16.0. The average Bonchev–Trinajstić information content (AvgIpc) is 3.19. The fourth-order valence-electron chi connectivity index (χ4n) is 3.56. The molecule has 0 atom stereocenters. The van der Waals surface area contributed by atoms with Crippen LogP contribution < -0.4 is 20.5 Å². The number of nitrogens with zero attached hydrogens (tertiary/aromatic N) is 2. The van der Waals surface area contributed by atoms with Gasteiger partial charge < -0.3 is 20.5 Å². The Hall–Kier alpha value is -3.72. The molecule has 0 aliphatic heterocycles. The van der Waals surface area contributed by atoms with E-state index in [0.29, 0.717) is 40.2 Å². The number of H-pyrrole nitrogens is 1. The SMILES string of the molecule is CCOc1ccccc1-c1c(SCC(=O)Nc2cccc(OC)c2)nc2n[nH]c(C)c2c1N. The number of carbonyl (C=O) groups excluding carboxylic acids is 1. The molecule has 0 aliphatic carbocycles. The van der Waals surface area contributed by atoms with Crippen molar-refractivity contribution in [2.24, 2.45) is 0 Å². The summed E-state index contributed by atoms with van der Waals surface area (Å²) in [4.78, 5) is 17.4. The van der Waals surface area contributed by atoms with Gasteiger partial charge in [0.1, 0.15) is 16.5 Å². The first-order valence-electron chi connectivity index (χ1n) is 10.4. The molecule has 0 spiro atoms. The Labute approximate surface area is 195 Å². The summed E-state index contributed by atoms with van der Waals surface area (Å²) in [5.41, 5.74) is 10.7. The van der Waals surface area contributed by atoms with Gasteiger partial charge in [-0.25, -0.2) is 4.98 Å². The molecule has 1 amide bonds. The van der Waals surface area contributed by atoms with Gasteiger partial charge in [0, 0.05) is 28.6 Å². The summed E-state index contributed by atoms with van der Waals surface area (Å²) in [7, 11) is 1.58. The summed E-state index contributed by atoms with van der Waals surface area (Å²) in [6.45, 7) is 4.35. The van der Waals surface area contributed by atoms with Crippen molar-refractivity contribution in [1.82, 2.24) is 15.2 Å². The summed E-state index contributed by atoms with van der Waals surface area (Å²) in [5.74, 6) is 1.35. The van der Waals surface area contributed by atoms with Gasteiger partial charge in [-0.15, -0.1) is 0 Å². The van der Waals surface area contributed by atoms with Gasteiger partial charge in [-0.1, -0.05) is 36.0 Å². The number of methoxy groups -OCH3 is 1. The zero-order chi connectivity index (χ0) is 23.4. The largest absolute Gasteiger partial charge is 0.497 e. The summed E-state index contributed by atoms with van der Waals surface area (Å²) in [6, 6.07) is 14.9. The van der Waals surface area contributed by atoms with E-state index in [1.165, 1.54) is 11.8 Å². The fourth-order valence-corrected chi connectivity index (χ4v) is 4.42. The molecule has 9 heteroatoms. The third-order valence-electron chi connectivity index (χ3n) is 5.04. The van der Waals surface area contributed by atoms with Crippen LogP contribution in [0.3, 0.4) is 0 Å². The molecular weight excluding hydrogens is 438 g/mol. The number of aryl methyl sites for hydroxylation is 1. The highest BCUT2D eigenvalue weighted by Crippen LogP contribution is 2.43. The molecule has 0 aliphatic rings. The first-order valence-corrected chi connectivity index (χ1v) is 11.4. The molecule has 170 valence electrons. The Kier molecular flexibility index (Phi) is 6.69. The molecule has 0 saturated heterocycles. The van der Waals surface area contributed by atoms with E-state index in [9.17, 15) is 4.79 Å². The van der Waals surface area contributed by atoms with Crippen molar-refractivity contribution in [3.8, 4) is 22.6 Å². The van der Waals surface area contributed by atoms with Crippen LogP contribution in [-0.2, 0) is 4.79 Å². The van der Waals surface area contributed by atoms with Gasteiger partial charge >= 0.3 is 0 Å². The highest BCUT2D eigenvalue weighted by Gasteiger charge is 2.21. The van der Waals surface area contributed by atoms with Crippen LogP contribution >= 0.6 is 11.8 Å². The number of para-hydroxylation sites is 1. The quantitative estimate of drug-likeness (QED) is 0.326. The van der Waals surface area contributed by atoms with Gasteiger partial charge in [-0.3, -0.25) is 9.89 Å². The second-order valence-corrected chi connectivity index (χ2v) is 8.21. The van der Waals surface area contributed by atoms with Crippen molar-refractivity contribution in [1.29, 1.82) is 0 Å². The van der Waals surface area contributed by atoms with E-state index in [4.69, 9.17) is 20.2 Å². The zero-order valence-electron chi connectivity index (χ0n) is 18.6. The number of benzene rings is 2. The minimum absolute atomic E-state index is 0.141. The third-order valence-corrected chi connectivity index (χ3v) is 6.01. The second kappa shape index (κ2) is 9.83. The maximum Gasteiger partial charge on any atom is 0.234 e. The number of aromatic amines is 1. The number of carbonyl (C=O) groups is 1. The van der Waals surface area contributed by atoms with E-state index < -0.39 is 0 Å². The standard InChI is InChI=1S/C24H25N5O3S/c1-4-32-18-11-6-5-10-17(18)21-22(25)20-14(2)28-29-23(20)27-24(21)33-13-19(30)26-15-8-7-9-16(12-15)31-3/h5-12H,4,13H2,1-3H3,(H,26,30)(H3,25,27,28,29). The maximum absolute atomic E-state index is 12.7. The summed E-state index contributed by atoms with van der Waals surface area (Å²) >= 11 is 1.30. The fraction of sp³-hybridized carbons (Fsp3) is 0.208. The van der Waals surface area contributed by atoms with Crippen LogP contribution in [0.4, 0.5) is 11.4 Å². The Bertz CT molecular complexity index is 1300. The van der Waals surface area contributed by atoms with Crippen LogP contribution in [0.1, 0.15) is 12.6 Å². The van der Waals surface area contributed by atoms with Gasteiger partial charge in [0.2, 0.25) is 5.91 Å². The number of amides is 1. The van der Waals surface area contributed by atoms with Crippen molar-refractivity contribution in [2.45, 2.75) is 18.9 Å². The lowest BCUT2D eigenvalue weighted by Crippen LogP contribution is -2.14. The molecule has 0 fully saturated rings. The summed E-state index contributed by atoms with van der Waals surface area (Å²) < 4.78 is 11.1. The molecule has 0 bridgehead atoms. The molecule has 0 saturated carbocycles. The van der Waals surface area contributed by atoms with Crippen LogP contribution in [0.15, 0.2) is 53.6 Å². The first kappa shape index (κ1) is 22.5. The molecule has 4 N–H and O–H groups in total. The van der Waals surface area contributed by atoms with Crippen molar-refractivity contribution < 1.29 is 14.3 Å². The summed E-state index contributed by atoms with van der Waals surface area (Å²) in [5, 5.41) is 11.5. The van der Waals surface area contributed by atoms with Crippen LogP contribution in [0, 0.1) is 6.92 Å². The van der Waals surface area contributed by atoms with Crippen LogP contribution in [0.2, 0.25) is 0 Å². The number of pyridine rings is 1. The Morgan fingerprint density at radius 2 is 2.03 bits per heavy atom. The molecule has 33 heavy (non-hydrogen) atoms. The van der Waals surface area contributed by atoms with Crippen LogP contribution in [0.25, 0.3) is 22.2 Å². The highest BCUT2D eigenvalue weighted by molar-refractivity contribution is 8.00. The molecular formula is C24H25N5O3S. The van der Waals surface area contributed by atoms with Crippen molar-refractivity contribution in [3.63, 3.8) is 0 Å². The van der Waals surface area contributed by atoms with Crippen molar-refractivity contribution in [2.75, 3.05) is 30.5 Å². The Morgan fingerprint density at radius 1 is 1.21 bits per heavy atom. The average molecular weight is 464 g/mol. The normalized spacial score (nSPS) is 10.9. The molecule has 2 aromatic heterocycles. The number of nitrogens with one attached hydrogen (secondary N) is 2. The lowest BCUT2D eigenvalue weighted by Gasteiger charge is -2.16. The lowest BCUT2D eigenvalue weighted by atomic mass is 10.0. The molecule has 2 heterocycles. The molecule has 8 nitrogen and oxygen atoms in total. The van der Waals surface area contributed by atoms with Crippen LogP contribution in [-0.4, -0.2) is 40.6 Å². The number of ether oxygens (including phenoxy) is 2. The zero-order valence-corrected chi connectivity index (χ0v) is 19.5. The Balaban J connectivity index is 1.68. The predicted octanol–water partition coefficient (Wildman–Crippen LogP) is 4.65. The molecule has 0 radical (unpaired) electrons. The minimum Gasteiger partial charge on any atom is -0.497 e. The van der Waals surface area contributed by atoms with E-state index in [0.717, 1.165) is 22.2 Å². The number of fused-ring (bicyclic) bond motifs is 1. The number of thioether (sulfide) groups is 1. The van der Waals surface area contributed by atoms with Gasteiger partial charge in [0.05, 0.1) is 30.5 Å².